The molecule has 39 heavy (non-hydrogen) atoms. The first-order valence-corrected chi connectivity index (χ1v) is 12.6. The molecule has 0 saturated carbocycles. The number of aryl methyl sites for hydroxylation is 1. The van der Waals surface area contributed by atoms with Crippen molar-refractivity contribution in [2.75, 3.05) is 31.6 Å². The summed E-state index contributed by atoms with van der Waals surface area (Å²) in [5, 5.41) is 11.8. The third-order valence-electron chi connectivity index (χ3n) is 5.88. The van der Waals surface area contributed by atoms with Gasteiger partial charge in [-0.3, -0.25) is 0 Å². The largest absolute Gasteiger partial charge is 0.492 e. The lowest BCUT2D eigenvalue weighted by Crippen LogP contribution is -2.38. The van der Waals surface area contributed by atoms with E-state index < -0.39 is 29.7 Å². The Balaban J connectivity index is 1.58. The molecule has 0 bridgehead atoms. The molecule has 10 heteroatoms. The van der Waals surface area contributed by atoms with Gasteiger partial charge in [0.15, 0.2) is 17.7 Å². The van der Waals surface area contributed by atoms with Crippen LogP contribution in [0.5, 0.6) is 5.75 Å². The molecule has 208 valence electrons. The van der Waals surface area contributed by atoms with E-state index in [9.17, 15) is 27.9 Å². The van der Waals surface area contributed by atoms with Crippen molar-refractivity contribution in [3.8, 4) is 5.75 Å². The number of aliphatic carboxylic acids is 1. The highest BCUT2D eigenvalue weighted by atomic mass is 19.2. The van der Waals surface area contributed by atoms with Gasteiger partial charge in [-0.2, -0.15) is 0 Å². The van der Waals surface area contributed by atoms with Crippen LogP contribution in [0.2, 0.25) is 0 Å². The zero-order chi connectivity index (χ0) is 28.2. The van der Waals surface area contributed by atoms with Crippen molar-refractivity contribution in [2.45, 2.75) is 32.3 Å². The van der Waals surface area contributed by atoms with E-state index in [1.807, 2.05) is 0 Å². The molecule has 2 amide bonds. The topological polar surface area (TPSA) is 88.1 Å². The van der Waals surface area contributed by atoms with Crippen molar-refractivity contribution in [1.82, 2.24) is 4.90 Å². The third kappa shape index (κ3) is 9.64. The standard InChI is InChI=1S/C29H31F3N2O5/c1-2-38-27(28(35)36)18-21-7-12-24(13-8-21)39-17-16-34(15-3-4-20-5-9-22(30)10-6-20)29(37)33-23-11-14-25(31)26(32)19-23/h5-14,19,27H,2-4,15-18H2,1H3,(H,33,37)(H,35,36). The van der Waals surface area contributed by atoms with Crippen LogP contribution >= 0.6 is 0 Å². The molecule has 0 saturated heterocycles. The van der Waals surface area contributed by atoms with Crippen molar-refractivity contribution in [3.63, 3.8) is 0 Å². The second-order valence-electron chi connectivity index (χ2n) is 8.75. The van der Waals surface area contributed by atoms with E-state index in [1.54, 1.807) is 43.3 Å². The van der Waals surface area contributed by atoms with Gasteiger partial charge in [0, 0.05) is 31.3 Å². The van der Waals surface area contributed by atoms with E-state index in [4.69, 9.17) is 9.47 Å². The van der Waals surface area contributed by atoms with Crippen molar-refractivity contribution < 1.29 is 37.3 Å². The zero-order valence-electron chi connectivity index (χ0n) is 21.5. The van der Waals surface area contributed by atoms with Crippen LogP contribution in [0.25, 0.3) is 0 Å². The molecule has 1 atom stereocenters. The fraction of sp³-hybridized carbons (Fsp3) is 0.310. The van der Waals surface area contributed by atoms with Gasteiger partial charge in [0.2, 0.25) is 0 Å². The number of carboxylic acid groups (broad SMARTS) is 1. The Morgan fingerprint density at radius 2 is 1.62 bits per heavy atom. The molecule has 0 radical (unpaired) electrons. The number of carboxylic acids is 1. The number of urea groups is 1. The first-order chi connectivity index (χ1) is 18.7. The molecule has 3 rings (SSSR count). The van der Waals surface area contributed by atoms with Gasteiger partial charge in [0.05, 0.1) is 6.54 Å². The molecule has 2 N–H and O–H groups in total. The molecule has 0 aliphatic heterocycles. The third-order valence-corrected chi connectivity index (χ3v) is 5.88. The number of nitrogens with one attached hydrogen (secondary N) is 1. The number of benzene rings is 3. The van der Waals surface area contributed by atoms with E-state index in [1.165, 1.54) is 23.1 Å². The lowest BCUT2D eigenvalue weighted by Gasteiger charge is -2.23. The van der Waals surface area contributed by atoms with E-state index >= 15 is 0 Å². The van der Waals surface area contributed by atoms with Crippen molar-refractivity contribution in [2.24, 2.45) is 0 Å². The summed E-state index contributed by atoms with van der Waals surface area (Å²) in [7, 11) is 0. The number of rotatable bonds is 14. The summed E-state index contributed by atoms with van der Waals surface area (Å²) >= 11 is 0. The van der Waals surface area contributed by atoms with Crippen molar-refractivity contribution >= 4 is 17.7 Å². The highest BCUT2D eigenvalue weighted by molar-refractivity contribution is 5.89. The minimum atomic E-state index is -1.07. The number of hydrogen-bond donors (Lipinski definition) is 2. The van der Waals surface area contributed by atoms with Crippen LogP contribution in [-0.2, 0) is 22.4 Å². The first-order valence-electron chi connectivity index (χ1n) is 12.6. The molecule has 0 heterocycles. The number of amides is 2. The average molecular weight is 545 g/mol. The van der Waals surface area contributed by atoms with Gasteiger partial charge in [0.25, 0.3) is 0 Å². The Hall–Kier alpha value is -4.05. The quantitative estimate of drug-likeness (QED) is 0.273. The molecule has 0 aliphatic carbocycles. The van der Waals surface area contributed by atoms with Gasteiger partial charge in [-0.15, -0.1) is 0 Å². The second kappa shape index (κ2) is 14.8. The highest BCUT2D eigenvalue weighted by Gasteiger charge is 2.18. The summed E-state index contributed by atoms with van der Waals surface area (Å²) in [6, 6.07) is 15.6. The SMILES string of the molecule is CCOC(Cc1ccc(OCCN(CCCc2ccc(F)cc2)C(=O)Nc2ccc(F)c(F)c2)cc1)C(=O)O. The van der Waals surface area contributed by atoms with Crippen LogP contribution in [0.1, 0.15) is 24.5 Å². The fourth-order valence-electron chi connectivity index (χ4n) is 3.84. The minimum absolute atomic E-state index is 0.116. The molecular weight excluding hydrogens is 513 g/mol. The Kier molecular flexibility index (Phi) is 11.2. The van der Waals surface area contributed by atoms with Crippen LogP contribution in [0.3, 0.4) is 0 Å². The highest BCUT2D eigenvalue weighted by Crippen LogP contribution is 2.16. The first kappa shape index (κ1) is 29.5. The monoisotopic (exact) mass is 544 g/mol. The second-order valence-corrected chi connectivity index (χ2v) is 8.75. The minimum Gasteiger partial charge on any atom is -0.492 e. The van der Waals surface area contributed by atoms with Crippen LogP contribution in [0.4, 0.5) is 23.7 Å². The Morgan fingerprint density at radius 1 is 0.923 bits per heavy atom. The Morgan fingerprint density at radius 3 is 2.26 bits per heavy atom. The zero-order valence-corrected chi connectivity index (χ0v) is 21.5. The lowest BCUT2D eigenvalue weighted by atomic mass is 10.1. The summed E-state index contributed by atoms with van der Waals surface area (Å²) in [5.74, 6) is -2.90. The normalized spacial score (nSPS) is 11.6. The number of hydrogen-bond acceptors (Lipinski definition) is 4. The predicted octanol–water partition coefficient (Wildman–Crippen LogP) is 5.68. The molecule has 0 fully saturated rings. The maximum Gasteiger partial charge on any atom is 0.333 e. The smallest absolute Gasteiger partial charge is 0.333 e. The number of carbonyl (C=O) groups is 2. The summed E-state index contributed by atoms with van der Waals surface area (Å²) in [4.78, 5) is 25.7. The molecule has 1 unspecified atom stereocenters. The Bertz CT molecular complexity index is 1220. The van der Waals surface area contributed by atoms with Crippen LogP contribution in [0, 0.1) is 17.5 Å². The maximum absolute atomic E-state index is 13.6. The van der Waals surface area contributed by atoms with E-state index in [0.29, 0.717) is 31.7 Å². The van der Waals surface area contributed by atoms with Crippen molar-refractivity contribution in [1.29, 1.82) is 0 Å². The molecule has 7 nitrogen and oxygen atoms in total. The van der Waals surface area contributed by atoms with Gasteiger partial charge in [0.1, 0.15) is 18.2 Å². The van der Waals surface area contributed by atoms with Gasteiger partial charge < -0.3 is 24.8 Å². The summed E-state index contributed by atoms with van der Waals surface area (Å²) < 4.78 is 51.0. The lowest BCUT2D eigenvalue weighted by molar-refractivity contribution is -0.149. The number of halogens is 3. The molecular formula is C29H31F3N2O5. The van der Waals surface area contributed by atoms with Gasteiger partial charge in [-0.05, 0) is 67.3 Å². The molecule has 0 aliphatic rings. The summed E-state index contributed by atoms with van der Waals surface area (Å²) in [6.45, 7) is 2.71. The molecule has 3 aromatic rings. The van der Waals surface area contributed by atoms with Crippen molar-refractivity contribution in [3.05, 3.63) is 95.3 Å². The van der Waals surface area contributed by atoms with Crippen LogP contribution in [0.15, 0.2) is 66.7 Å². The van der Waals surface area contributed by atoms with Gasteiger partial charge in [-0.25, -0.2) is 22.8 Å². The average Bonchev–Trinajstić information content (AvgIpc) is 2.91. The number of carbonyl (C=O) groups excluding carboxylic acids is 1. The van der Waals surface area contributed by atoms with Gasteiger partial charge >= 0.3 is 12.0 Å². The number of nitrogens with zero attached hydrogens (tertiary/aromatic N) is 1. The van der Waals surface area contributed by atoms with E-state index in [2.05, 4.69) is 5.32 Å². The van der Waals surface area contributed by atoms with Crippen LogP contribution < -0.4 is 10.1 Å². The summed E-state index contributed by atoms with van der Waals surface area (Å²) in [6.07, 6.45) is 0.473. The molecule has 3 aromatic carbocycles. The molecule has 0 aromatic heterocycles. The molecule has 0 spiro atoms. The fourth-order valence-corrected chi connectivity index (χ4v) is 3.84. The number of ether oxygens (including phenoxy) is 2. The predicted molar refractivity (Wildman–Crippen MR) is 140 cm³/mol. The van der Waals surface area contributed by atoms with Gasteiger partial charge in [-0.1, -0.05) is 24.3 Å². The number of anilines is 1. The van der Waals surface area contributed by atoms with E-state index in [0.717, 1.165) is 23.3 Å². The maximum atomic E-state index is 13.6. The van der Waals surface area contributed by atoms with Crippen LogP contribution in [-0.4, -0.2) is 54.4 Å². The Labute approximate surface area is 225 Å². The summed E-state index contributed by atoms with van der Waals surface area (Å²) in [5.41, 5.74) is 1.81. The van der Waals surface area contributed by atoms with E-state index in [-0.39, 0.29) is 31.1 Å².